The summed E-state index contributed by atoms with van der Waals surface area (Å²) in [5, 5.41) is 2.74. The molecular formula is C22H26N2O7S. The molecule has 0 aromatic heterocycles. The molecule has 1 N–H and O–H groups in total. The van der Waals surface area contributed by atoms with Crippen molar-refractivity contribution in [1.82, 2.24) is 4.31 Å². The van der Waals surface area contributed by atoms with Gasteiger partial charge in [0.25, 0.3) is 0 Å². The first kappa shape index (κ1) is 23.6. The van der Waals surface area contributed by atoms with E-state index in [1.165, 1.54) is 43.8 Å². The third-order valence-electron chi connectivity index (χ3n) is 5.34. The summed E-state index contributed by atoms with van der Waals surface area (Å²) in [6.45, 7) is 0.373. The summed E-state index contributed by atoms with van der Waals surface area (Å²) < 4.78 is 42.4. The zero-order valence-electron chi connectivity index (χ0n) is 18.2. The predicted molar refractivity (Wildman–Crippen MR) is 117 cm³/mol. The van der Waals surface area contributed by atoms with Gasteiger partial charge in [-0.3, -0.25) is 4.79 Å². The Morgan fingerprint density at radius 1 is 1.00 bits per heavy atom. The Morgan fingerprint density at radius 3 is 2.28 bits per heavy atom. The number of hydrogen-bond acceptors (Lipinski definition) is 7. The molecule has 1 amide bonds. The third-order valence-corrected chi connectivity index (χ3v) is 7.22. The molecule has 0 spiro atoms. The Morgan fingerprint density at radius 2 is 1.66 bits per heavy atom. The van der Waals surface area contributed by atoms with E-state index in [0.717, 1.165) is 0 Å². The molecule has 1 atom stereocenters. The molecule has 0 radical (unpaired) electrons. The van der Waals surface area contributed by atoms with E-state index in [1.807, 2.05) is 0 Å². The Labute approximate surface area is 187 Å². The van der Waals surface area contributed by atoms with Crippen LogP contribution in [-0.2, 0) is 19.6 Å². The van der Waals surface area contributed by atoms with Crippen LogP contribution in [0.25, 0.3) is 0 Å². The zero-order chi connectivity index (χ0) is 23.3. The average molecular weight is 463 g/mol. The highest BCUT2D eigenvalue weighted by Crippen LogP contribution is 2.28. The molecule has 3 rings (SSSR count). The zero-order valence-corrected chi connectivity index (χ0v) is 19.0. The van der Waals surface area contributed by atoms with Gasteiger partial charge in [-0.05, 0) is 55.3 Å². The second-order valence-corrected chi connectivity index (χ2v) is 9.21. The first-order valence-corrected chi connectivity index (χ1v) is 11.5. The van der Waals surface area contributed by atoms with Crippen molar-refractivity contribution >= 4 is 27.6 Å². The monoisotopic (exact) mass is 462 g/mol. The van der Waals surface area contributed by atoms with Gasteiger partial charge >= 0.3 is 5.97 Å². The van der Waals surface area contributed by atoms with Crippen molar-refractivity contribution in [3.63, 3.8) is 0 Å². The van der Waals surface area contributed by atoms with Crippen LogP contribution >= 0.6 is 0 Å². The third kappa shape index (κ3) is 5.03. The van der Waals surface area contributed by atoms with Gasteiger partial charge in [-0.15, -0.1) is 0 Å². The summed E-state index contributed by atoms with van der Waals surface area (Å²) in [7, 11) is 0.465. The maximum Gasteiger partial charge on any atom is 0.340 e. The van der Waals surface area contributed by atoms with Gasteiger partial charge in [-0.2, -0.15) is 4.31 Å². The van der Waals surface area contributed by atoms with Crippen LogP contribution in [0.1, 0.15) is 23.2 Å². The summed E-state index contributed by atoms with van der Waals surface area (Å²) in [6, 6.07) is 10.8. The summed E-state index contributed by atoms with van der Waals surface area (Å²) in [6.07, 6.45) is 1.07. The summed E-state index contributed by atoms with van der Waals surface area (Å²) in [5.74, 6) is -0.551. The number of carbonyl (C=O) groups excluding carboxylic acids is 2. The van der Waals surface area contributed by atoms with E-state index in [-0.39, 0.29) is 28.6 Å². The van der Waals surface area contributed by atoms with Crippen molar-refractivity contribution in [2.75, 3.05) is 39.7 Å². The molecule has 1 heterocycles. The molecule has 32 heavy (non-hydrogen) atoms. The normalized spacial score (nSPS) is 16.8. The van der Waals surface area contributed by atoms with Crippen molar-refractivity contribution in [1.29, 1.82) is 0 Å². The second kappa shape index (κ2) is 10.0. The second-order valence-electron chi connectivity index (χ2n) is 7.27. The number of nitrogens with one attached hydrogen (secondary N) is 1. The molecule has 1 aliphatic rings. The smallest absolute Gasteiger partial charge is 0.340 e. The number of ether oxygens (including phenoxy) is 3. The Bertz CT molecular complexity index is 1080. The maximum absolute atomic E-state index is 13.0. The molecule has 0 saturated carbocycles. The van der Waals surface area contributed by atoms with Gasteiger partial charge in [-0.1, -0.05) is 0 Å². The lowest BCUT2D eigenvalue weighted by molar-refractivity contribution is -0.120. The van der Waals surface area contributed by atoms with Gasteiger partial charge in [0.15, 0.2) is 0 Å². The minimum Gasteiger partial charge on any atom is -0.497 e. The molecule has 1 fully saturated rings. The van der Waals surface area contributed by atoms with Gasteiger partial charge in [-0.25, -0.2) is 13.2 Å². The number of methoxy groups -OCH3 is 3. The molecule has 2 aromatic rings. The molecule has 0 bridgehead atoms. The quantitative estimate of drug-likeness (QED) is 0.630. The number of sulfonamides is 1. The van der Waals surface area contributed by atoms with Gasteiger partial charge < -0.3 is 19.5 Å². The van der Waals surface area contributed by atoms with Gasteiger partial charge in [0, 0.05) is 13.1 Å². The van der Waals surface area contributed by atoms with Gasteiger partial charge in [0.05, 0.1) is 43.4 Å². The molecular weight excluding hydrogens is 436 g/mol. The van der Waals surface area contributed by atoms with Crippen LogP contribution in [0.5, 0.6) is 11.5 Å². The van der Waals surface area contributed by atoms with Crippen LogP contribution < -0.4 is 14.8 Å². The minimum atomic E-state index is -3.75. The Kier molecular flexibility index (Phi) is 7.37. The van der Waals surface area contributed by atoms with Gasteiger partial charge in [0.2, 0.25) is 15.9 Å². The number of anilines is 1. The first-order chi connectivity index (χ1) is 15.3. The maximum atomic E-state index is 13.0. The predicted octanol–water partition coefficient (Wildman–Crippen LogP) is 2.53. The number of carbonyl (C=O) groups is 2. The lowest BCUT2D eigenvalue weighted by atomic mass is 9.98. The van der Waals surface area contributed by atoms with Gasteiger partial charge in [0.1, 0.15) is 11.5 Å². The Balaban J connectivity index is 1.76. The number of nitrogens with zero attached hydrogens (tertiary/aromatic N) is 1. The largest absolute Gasteiger partial charge is 0.497 e. The fourth-order valence-electron chi connectivity index (χ4n) is 3.54. The molecule has 1 saturated heterocycles. The molecule has 10 heteroatoms. The fraction of sp³-hybridized carbons (Fsp3) is 0.364. The van der Waals surface area contributed by atoms with E-state index in [1.54, 1.807) is 24.3 Å². The van der Waals surface area contributed by atoms with E-state index >= 15 is 0 Å². The standard InChI is InChI=1S/C22H26N2O7S/c1-29-16-6-9-18(10-7-16)32(27,28)24-12-4-5-15(14-24)21(25)23-20-11-8-17(30-2)13-19(20)22(26)31-3/h6-11,13,15H,4-5,12,14H2,1-3H3,(H,23,25). The lowest BCUT2D eigenvalue weighted by Gasteiger charge is -2.31. The summed E-state index contributed by atoms with van der Waals surface area (Å²) in [4.78, 5) is 25.2. The number of benzene rings is 2. The highest BCUT2D eigenvalue weighted by molar-refractivity contribution is 7.89. The first-order valence-electron chi connectivity index (χ1n) is 10.0. The highest BCUT2D eigenvalue weighted by Gasteiger charge is 2.33. The van der Waals surface area contributed by atoms with E-state index in [9.17, 15) is 18.0 Å². The molecule has 2 aromatic carbocycles. The van der Waals surface area contributed by atoms with Crippen LogP contribution in [0, 0.1) is 5.92 Å². The summed E-state index contributed by atoms with van der Waals surface area (Å²) in [5.41, 5.74) is 0.427. The van der Waals surface area contributed by atoms with Crippen LogP contribution in [0.3, 0.4) is 0 Å². The SMILES string of the molecule is COC(=O)c1cc(OC)ccc1NC(=O)C1CCCN(S(=O)(=O)c2ccc(OC)cc2)C1. The van der Waals surface area contributed by atoms with Crippen LogP contribution in [-0.4, -0.2) is 59.0 Å². The molecule has 172 valence electrons. The van der Waals surface area contributed by atoms with E-state index in [0.29, 0.717) is 30.9 Å². The van der Waals surface area contributed by atoms with Crippen molar-refractivity contribution in [2.45, 2.75) is 17.7 Å². The topological polar surface area (TPSA) is 111 Å². The minimum absolute atomic E-state index is 0.0455. The van der Waals surface area contributed by atoms with Crippen LogP contribution in [0.15, 0.2) is 47.4 Å². The molecule has 1 aliphatic heterocycles. The molecule has 1 unspecified atom stereocenters. The highest BCUT2D eigenvalue weighted by atomic mass is 32.2. The van der Waals surface area contributed by atoms with Crippen molar-refractivity contribution in [3.8, 4) is 11.5 Å². The van der Waals surface area contributed by atoms with Crippen LogP contribution in [0.2, 0.25) is 0 Å². The van der Waals surface area contributed by atoms with Crippen LogP contribution in [0.4, 0.5) is 5.69 Å². The fourth-order valence-corrected chi connectivity index (χ4v) is 5.07. The number of esters is 1. The Hall–Kier alpha value is -3.11. The molecule has 0 aliphatic carbocycles. The number of rotatable bonds is 7. The number of hydrogen-bond donors (Lipinski definition) is 1. The number of amides is 1. The van der Waals surface area contributed by atoms with Crippen molar-refractivity contribution < 1.29 is 32.2 Å². The van der Waals surface area contributed by atoms with E-state index < -0.39 is 21.9 Å². The average Bonchev–Trinajstić information content (AvgIpc) is 2.83. The number of piperidine rings is 1. The van der Waals surface area contributed by atoms with Crippen molar-refractivity contribution in [2.24, 2.45) is 5.92 Å². The van der Waals surface area contributed by atoms with E-state index in [4.69, 9.17) is 14.2 Å². The van der Waals surface area contributed by atoms with E-state index in [2.05, 4.69) is 5.32 Å². The van der Waals surface area contributed by atoms with Crippen molar-refractivity contribution in [3.05, 3.63) is 48.0 Å². The summed E-state index contributed by atoms with van der Waals surface area (Å²) >= 11 is 0. The molecule has 9 nitrogen and oxygen atoms in total. The lowest BCUT2D eigenvalue weighted by Crippen LogP contribution is -2.43.